The minimum atomic E-state index is -0.626. The van der Waals surface area contributed by atoms with Crippen LogP contribution in [0, 0.1) is 15.9 Å². The van der Waals surface area contributed by atoms with Crippen LogP contribution in [0.1, 0.15) is 33.9 Å². The van der Waals surface area contributed by atoms with Gasteiger partial charge < -0.3 is 10.2 Å². The molecular formula is C23H18FN3O4. The summed E-state index contributed by atoms with van der Waals surface area (Å²) in [5.41, 5.74) is 2.20. The van der Waals surface area contributed by atoms with Gasteiger partial charge in [0.05, 0.1) is 17.4 Å². The van der Waals surface area contributed by atoms with Crippen molar-refractivity contribution >= 4 is 23.2 Å². The van der Waals surface area contributed by atoms with Gasteiger partial charge in [0, 0.05) is 29.9 Å². The number of fused-ring (bicyclic) bond motifs is 1. The fourth-order valence-electron chi connectivity index (χ4n) is 3.71. The smallest absolute Gasteiger partial charge is 0.271 e. The number of hydrogen-bond donors (Lipinski definition) is 1. The highest BCUT2D eigenvalue weighted by molar-refractivity contribution is 5.99. The summed E-state index contributed by atoms with van der Waals surface area (Å²) in [6, 6.07) is 17.9. The summed E-state index contributed by atoms with van der Waals surface area (Å²) in [6.45, 7) is 0.334. The van der Waals surface area contributed by atoms with Gasteiger partial charge in [0.1, 0.15) is 5.82 Å². The molecular weight excluding hydrogens is 401 g/mol. The number of amides is 2. The Kier molecular flexibility index (Phi) is 5.44. The minimum Gasteiger partial charge on any atom is -0.327 e. The van der Waals surface area contributed by atoms with Crippen LogP contribution in [-0.2, 0) is 11.3 Å². The third-order valence-corrected chi connectivity index (χ3v) is 5.20. The normalized spacial score (nSPS) is 13.6. The van der Waals surface area contributed by atoms with E-state index in [1.807, 2.05) is 12.1 Å². The summed E-state index contributed by atoms with van der Waals surface area (Å²) >= 11 is 0. The number of anilines is 1. The average Bonchev–Trinajstić information content (AvgIpc) is 3.09. The van der Waals surface area contributed by atoms with Gasteiger partial charge in [-0.2, -0.15) is 0 Å². The summed E-state index contributed by atoms with van der Waals surface area (Å²) in [5, 5.41) is 13.6. The minimum absolute atomic E-state index is 0.0892. The van der Waals surface area contributed by atoms with Crippen LogP contribution >= 0.6 is 0 Å². The van der Waals surface area contributed by atoms with Gasteiger partial charge >= 0.3 is 0 Å². The summed E-state index contributed by atoms with van der Waals surface area (Å²) in [4.78, 5) is 37.8. The van der Waals surface area contributed by atoms with Gasteiger partial charge in [-0.25, -0.2) is 4.39 Å². The van der Waals surface area contributed by atoms with Crippen molar-refractivity contribution in [1.82, 2.24) is 4.90 Å². The topological polar surface area (TPSA) is 92.6 Å². The lowest BCUT2D eigenvalue weighted by atomic mass is 10.0. The van der Waals surface area contributed by atoms with Crippen molar-refractivity contribution in [2.24, 2.45) is 0 Å². The molecule has 1 aliphatic heterocycles. The third kappa shape index (κ3) is 4.28. The van der Waals surface area contributed by atoms with Gasteiger partial charge in [-0.1, -0.05) is 36.4 Å². The van der Waals surface area contributed by atoms with Crippen LogP contribution in [0.25, 0.3) is 0 Å². The summed E-state index contributed by atoms with van der Waals surface area (Å²) in [5.74, 6) is -1.04. The number of halogens is 1. The molecule has 2 amide bonds. The highest BCUT2D eigenvalue weighted by atomic mass is 19.1. The van der Waals surface area contributed by atoms with Crippen LogP contribution in [0.4, 0.5) is 15.8 Å². The lowest BCUT2D eigenvalue weighted by molar-refractivity contribution is -0.384. The molecule has 3 aromatic carbocycles. The van der Waals surface area contributed by atoms with Crippen molar-refractivity contribution in [2.45, 2.75) is 19.0 Å². The Labute approximate surface area is 177 Å². The second-order valence-corrected chi connectivity index (χ2v) is 7.22. The van der Waals surface area contributed by atoms with Gasteiger partial charge in [0.15, 0.2) is 0 Å². The molecule has 31 heavy (non-hydrogen) atoms. The van der Waals surface area contributed by atoms with Gasteiger partial charge in [-0.15, -0.1) is 0 Å². The molecule has 0 unspecified atom stereocenters. The number of nitrogens with zero attached hydrogens (tertiary/aromatic N) is 2. The molecule has 1 atom stereocenters. The van der Waals surface area contributed by atoms with Crippen molar-refractivity contribution in [3.63, 3.8) is 0 Å². The second-order valence-electron chi connectivity index (χ2n) is 7.22. The molecule has 156 valence electrons. The van der Waals surface area contributed by atoms with E-state index < -0.39 is 22.7 Å². The molecule has 3 aromatic rings. The van der Waals surface area contributed by atoms with Gasteiger partial charge in [0.2, 0.25) is 5.91 Å². The largest absolute Gasteiger partial charge is 0.327 e. The zero-order valence-corrected chi connectivity index (χ0v) is 16.3. The average molecular weight is 419 g/mol. The van der Waals surface area contributed by atoms with Crippen molar-refractivity contribution in [3.8, 4) is 0 Å². The highest BCUT2D eigenvalue weighted by Gasteiger charge is 2.34. The molecule has 0 fully saturated rings. The first-order chi connectivity index (χ1) is 14.9. The van der Waals surface area contributed by atoms with E-state index in [1.54, 1.807) is 35.2 Å². The van der Waals surface area contributed by atoms with E-state index in [4.69, 9.17) is 0 Å². The van der Waals surface area contributed by atoms with Crippen LogP contribution in [0.15, 0.2) is 72.8 Å². The first-order valence-corrected chi connectivity index (χ1v) is 9.61. The van der Waals surface area contributed by atoms with Crippen molar-refractivity contribution < 1.29 is 18.9 Å². The fraction of sp³-hybridized carbons (Fsp3) is 0.130. The SMILES string of the molecule is O=C(C[C@H](c1ccc(F)cc1)N1Cc2ccccc2C1=O)Nc1cccc([N+](=O)[O-])c1. The predicted octanol–water partition coefficient (Wildman–Crippen LogP) is 4.46. The van der Waals surface area contributed by atoms with Crippen molar-refractivity contribution in [1.29, 1.82) is 0 Å². The quantitative estimate of drug-likeness (QED) is 0.472. The molecule has 7 nitrogen and oxygen atoms in total. The molecule has 4 rings (SSSR count). The van der Waals surface area contributed by atoms with Crippen LogP contribution in [0.3, 0.4) is 0 Å². The summed E-state index contributed by atoms with van der Waals surface area (Å²) in [7, 11) is 0. The molecule has 1 aliphatic rings. The number of rotatable bonds is 6. The zero-order valence-electron chi connectivity index (χ0n) is 16.3. The molecule has 0 aromatic heterocycles. The monoisotopic (exact) mass is 419 g/mol. The maximum absolute atomic E-state index is 13.5. The number of carbonyl (C=O) groups excluding carboxylic acids is 2. The molecule has 0 radical (unpaired) electrons. The van der Waals surface area contributed by atoms with Gasteiger partial charge in [-0.3, -0.25) is 19.7 Å². The van der Waals surface area contributed by atoms with Crippen LogP contribution in [0.5, 0.6) is 0 Å². The second kappa shape index (κ2) is 8.35. The van der Waals surface area contributed by atoms with E-state index in [0.29, 0.717) is 17.7 Å². The number of nitrogens with one attached hydrogen (secondary N) is 1. The lowest BCUT2D eigenvalue weighted by Crippen LogP contribution is -2.32. The van der Waals surface area contributed by atoms with E-state index in [2.05, 4.69) is 5.32 Å². The molecule has 0 saturated carbocycles. The summed E-state index contributed by atoms with van der Waals surface area (Å²) < 4.78 is 13.5. The van der Waals surface area contributed by atoms with Gasteiger partial charge in [0.25, 0.3) is 11.6 Å². The number of nitro groups is 1. The van der Waals surface area contributed by atoms with Crippen LogP contribution in [0.2, 0.25) is 0 Å². The predicted molar refractivity (Wildman–Crippen MR) is 112 cm³/mol. The first kappa shape index (κ1) is 20.2. The first-order valence-electron chi connectivity index (χ1n) is 9.61. The summed E-state index contributed by atoms with van der Waals surface area (Å²) in [6.07, 6.45) is -0.0892. The number of nitro benzene ring substituents is 1. The van der Waals surface area contributed by atoms with Gasteiger partial charge in [-0.05, 0) is 35.4 Å². The molecule has 0 aliphatic carbocycles. The number of benzene rings is 3. The highest BCUT2D eigenvalue weighted by Crippen LogP contribution is 2.34. The Balaban J connectivity index is 1.59. The maximum Gasteiger partial charge on any atom is 0.271 e. The Morgan fingerprint density at radius 2 is 1.84 bits per heavy atom. The fourth-order valence-corrected chi connectivity index (χ4v) is 3.71. The standard InChI is InChI=1S/C23H18FN3O4/c24-17-10-8-15(9-11-17)21(26-14-16-4-1-2-7-20(16)23(26)29)13-22(28)25-18-5-3-6-19(12-18)27(30)31/h1-12,21H,13-14H2,(H,25,28)/t21-/m1/s1. The number of carbonyl (C=O) groups is 2. The third-order valence-electron chi connectivity index (χ3n) is 5.20. The zero-order chi connectivity index (χ0) is 22.0. The maximum atomic E-state index is 13.5. The Morgan fingerprint density at radius 3 is 2.55 bits per heavy atom. The lowest BCUT2D eigenvalue weighted by Gasteiger charge is -2.28. The number of hydrogen-bond acceptors (Lipinski definition) is 4. The van der Waals surface area contributed by atoms with E-state index in [9.17, 15) is 24.1 Å². The van der Waals surface area contributed by atoms with E-state index in [1.165, 1.54) is 30.3 Å². The molecule has 8 heteroatoms. The van der Waals surface area contributed by atoms with Crippen LogP contribution < -0.4 is 5.32 Å². The van der Waals surface area contributed by atoms with E-state index in [0.717, 1.165) is 5.56 Å². The van der Waals surface area contributed by atoms with Crippen molar-refractivity contribution in [2.75, 3.05) is 5.32 Å². The Hall–Kier alpha value is -4.07. The molecule has 0 saturated heterocycles. The van der Waals surface area contributed by atoms with Crippen LogP contribution in [-0.4, -0.2) is 21.6 Å². The molecule has 0 bridgehead atoms. The molecule has 1 heterocycles. The number of non-ortho nitro benzene ring substituents is 1. The van der Waals surface area contributed by atoms with E-state index in [-0.39, 0.29) is 23.7 Å². The Morgan fingerprint density at radius 1 is 1.10 bits per heavy atom. The van der Waals surface area contributed by atoms with Crippen molar-refractivity contribution in [3.05, 3.63) is 105 Å². The molecule has 0 spiro atoms. The van der Waals surface area contributed by atoms with E-state index >= 15 is 0 Å². The Bertz CT molecular complexity index is 1160. The molecule has 1 N–H and O–H groups in total.